The molecule has 0 heterocycles. The van der Waals surface area contributed by atoms with E-state index in [1.54, 1.807) is 24.3 Å². The van der Waals surface area contributed by atoms with Gasteiger partial charge in [-0.1, -0.05) is 12.1 Å². The van der Waals surface area contributed by atoms with Gasteiger partial charge in [0.05, 0.1) is 18.1 Å². The topological polar surface area (TPSA) is 79.2 Å². The fourth-order valence-corrected chi connectivity index (χ4v) is 2.27. The summed E-state index contributed by atoms with van der Waals surface area (Å²) in [6.07, 6.45) is 0.286. The number of nitriles is 1. The number of esters is 1. The third-order valence-electron chi connectivity index (χ3n) is 3.00. The number of carbonyl (C=O) groups excluding carboxylic acids is 2. The molecule has 0 aliphatic rings. The van der Waals surface area contributed by atoms with Crippen LogP contribution in [0, 0.1) is 17.1 Å². The van der Waals surface area contributed by atoms with E-state index in [4.69, 9.17) is 10.00 Å². The van der Waals surface area contributed by atoms with Crippen molar-refractivity contribution in [2.24, 2.45) is 0 Å². The first kappa shape index (κ1) is 17.6. The predicted octanol–water partition coefficient (Wildman–Crippen LogP) is 3.45. The Morgan fingerprint density at radius 2 is 1.92 bits per heavy atom. The summed E-state index contributed by atoms with van der Waals surface area (Å²) in [6, 6.07) is 12.4. The number of rotatable bonds is 5. The van der Waals surface area contributed by atoms with Crippen LogP contribution in [0.15, 0.2) is 46.9 Å². The van der Waals surface area contributed by atoms with Gasteiger partial charge in [0.2, 0.25) is 0 Å². The van der Waals surface area contributed by atoms with E-state index in [9.17, 15) is 14.0 Å². The average Bonchev–Trinajstić information content (AvgIpc) is 2.57. The van der Waals surface area contributed by atoms with Crippen molar-refractivity contribution < 1.29 is 18.7 Å². The van der Waals surface area contributed by atoms with Crippen LogP contribution in [0.1, 0.15) is 15.9 Å². The molecule has 0 atom stereocenters. The number of hydrogen-bond acceptors (Lipinski definition) is 4. The first-order valence-corrected chi connectivity index (χ1v) is 7.67. The first-order chi connectivity index (χ1) is 11.5. The molecule has 0 saturated carbocycles. The van der Waals surface area contributed by atoms with Gasteiger partial charge in [-0.2, -0.15) is 5.26 Å². The zero-order chi connectivity index (χ0) is 17.5. The number of anilines is 1. The SMILES string of the molecule is N#CCc1ccc(NC(=O)COC(=O)c2cc(F)ccc2Br)cc1. The number of amides is 1. The minimum atomic E-state index is -0.805. The van der Waals surface area contributed by atoms with Crippen LogP contribution in [0.3, 0.4) is 0 Å². The van der Waals surface area contributed by atoms with Crippen LogP contribution in [0.2, 0.25) is 0 Å². The lowest BCUT2D eigenvalue weighted by atomic mass is 10.1. The summed E-state index contributed by atoms with van der Waals surface area (Å²) in [5.41, 5.74) is 1.35. The molecule has 122 valence electrons. The Bertz CT molecular complexity index is 800. The molecule has 5 nitrogen and oxygen atoms in total. The van der Waals surface area contributed by atoms with E-state index >= 15 is 0 Å². The largest absolute Gasteiger partial charge is 0.452 e. The van der Waals surface area contributed by atoms with Crippen molar-refractivity contribution in [3.63, 3.8) is 0 Å². The van der Waals surface area contributed by atoms with E-state index in [-0.39, 0.29) is 12.0 Å². The van der Waals surface area contributed by atoms with Crippen molar-refractivity contribution in [1.82, 2.24) is 0 Å². The second-order valence-corrected chi connectivity index (χ2v) is 5.63. The maximum Gasteiger partial charge on any atom is 0.339 e. The molecule has 1 amide bonds. The minimum absolute atomic E-state index is 0.00339. The van der Waals surface area contributed by atoms with Gasteiger partial charge in [0.15, 0.2) is 6.61 Å². The zero-order valence-corrected chi connectivity index (χ0v) is 14.0. The summed E-state index contributed by atoms with van der Waals surface area (Å²) in [4.78, 5) is 23.6. The fraction of sp³-hybridized carbons (Fsp3) is 0.118. The molecule has 1 N–H and O–H groups in total. The van der Waals surface area contributed by atoms with Crippen LogP contribution in [0.5, 0.6) is 0 Å². The minimum Gasteiger partial charge on any atom is -0.452 e. The Kier molecular flexibility index (Phi) is 6.04. The van der Waals surface area contributed by atoms with Crippen molar-refractivity contribution in [2.45, 2.75) is 6.42 Å². The van der Waals surface area contributed by atoms with Crippen LogP contribution >= 0.6 is 15.9 Å². The number of benzene rings is 2. The van der Waals surface area contributed by atoms with Crippen molar-refractivity contribution in [2.75, 3.05) is 11.9 Å². The molecule has 2 aromatic rings. The molecule has 0 aliphatic carbocycles. The molecule has 0 spiro atoms. The number of ether oxygens (including phenoxy) is 1. The van der Waals surface area contributed by atoms with Crippen LogP contribution in [0.4, 0.5) is 10.1 Å². The van der Waals surface area contributed by atoms with Crippen LogP contribution in [0.25, 0.3) is 0 Å². The lowest BCUT2D eigenvalue weighted by Gasteiger charge is -2.08. The summed E-state index contributed by atoms with van der Waals surface area (Å²) in [5.74, 6) is -1.91. The van der Waals surface area contributed by atoms with Crippen molar-refractivity contribution in [3.05, 3.63) is 63.9 Å². The highest BCUT2D eigenvalue weighted by molar-refractivity contribution is 9.10. The van der Waals surface area contributed by atoms with E-state index in [0.29, 0.717) is 10.2 Å². The Labute approximate surface area is 146 Å². The first-order valence-electron chi connectivity index (χ1n) is 6.87. The maximum atomic E-state index is 13.2. The van der Waals surface area contributed by atoms with Gasteiger partial charge in [-0.15, -0.1) is 0 Å². The van der Waals surface area contributed by atoms with Gasteiger partial charge in [-0.25, -0.2) is 9.18 Å². The van der Waals surface area contributed by atoms with Gasteiger partial charge in [0.1, 0.15) is 5.82 Å². The lowest BCUT2D eigenvalue weighted by Crippen LogP contribution is -2.21. The monoisotopic (exact) mass is 390 g/mol. The van der Waals surface area contributed by atoms with E-state index in [0.717, 1.165) is 11.6 Å². The molecule has 0 aliphatic heterocycles. The molecule has 0 aromatic heterocycles. The van der Waals surface area contributed by atoms with Crippen molar-refractivity contribution in [1.29, 1.82) is 5.26 Å². The Balaban J connectivity index is 1.89. The molecule has 24 heavy (non-hydrogen) atoms. The zero-order valence-electron chi connectivity index (χ0n) is 12.4. The van der Waals surface area contributed by atoms with Crippen LogP contribution in [-0.4, -0.2) is 18.5 Å². The van der Waals surface area contributed by atoms with Gasteiger partial charge >= 0.3 is 5.97 Å². The van der Waals surface area contributed by atoms with Gasteiger partial charge in [-0.05, 0) is 51.8 Å². The molecule has 7 heteroatoms. The molecular formula is C17H12BrFN2O3. The number of halogens is 2. The van der Waals surface area contributed by atoms with Crippen LogP contribution < -0.4 is 5.32 Å². The van der Waals surface area contributed by atoms with E-state index in [1.807, 2.05) is 6.07 Å². The number of nitrogens with one attached hydrogen (secondary N) is 1. The van der Waals surface area contributed by atoms with E-state index in [1.165, 1.54) is 12.1 Å². The molecule has 0 bridgehead atoms. The molecule has 0 radical (unpaired) electrons. The number of hydrogen-bond donors (Lipinski definition) is 1. The fourth-order valence-electron chi connectivity index (χ4n) is 1.86. The molecule has 2 aromatic carbocycles. The molecule has 0 fully saturated rings. The van der Waals surface area contributed by atoms with Crippen molar-refractivity contribution in [3.8, 4) is 6.07 Å². The molecule has 0 unspecified atom stereocenters. The molecule has 2 rings (SSSR count). The summed E-state index contributed by atoms with van der Waals surface area (Å²) < 4.78 is 18.4. The molecular weight excluding hydrogens is 379 g/mol. The van der Waals surface area contributed by atoms with Crippen molar-refractivity contribution >= 4 is 33.5 Å². The molecule has 0 saturated heterocycles. The quantitative estimate of drug-likeness (QED) is 0.792. The standard InChI is InChI=1S/C17H12BrFN2O3/c18-15-6-3-12(19)9-14(15)17(23)24-10-16(22)21-13-4-1-11(2-5-13)7-8-20/h1-6,9H,7,10H2,(H,21,22). The lowest BCUT2D eigenvalue weighted by molar-refractivity contribution is -0.119. The smallest absolute Gasteiger partial charge is 0.339 e. The van der Waals surface area contributed by atoms with Gasteiger partial charge in [0, 0.05) is 10.2 Å². The normalized spacial score (nSPS) is 9.88. The Hall–Kier alpha value is -2.72. The third-order valence-corrected chi connectivity index (χ3v) is 3.70. The highest BCUT2D eigenvalue weighted by atomic mass is 79.9. The van der Waals surface area contributed by atoms with E-state index in [2.05, 4.69) is 21.2 Å². The Morgan fingerprint density at radius 3 is 2.58 bits per heavy atom. The summed E-state index contributed by atoms with van der Waals surface area (Å²) in [5, 5.41) is 11.2. The van der Waals surface area contributed by atoms with Gasteiger partial charge in [0.25, 0.3) is 5.91 Å². The average molecular weight is 391 g/mol. The summed E-state index contributed by atoms with van der Waals surface area (Å²) in [7, 11) is 0. The summed E-state index contributed by atoms with van der Waals surface area (Å²) in [6.45, 7) is -0.498. The number of nitrogens with zero attached hydrogens (tertiary/aromatic N) is 1. The summed E-state index contributed by atoms with van der Waals surface area (Å²) >= 11 is 3.12. The highest BCUT2D eigenvalue weighted by Crippen LogP contribution is 2.18. The third kappa shape index (κ3) is 4.89. The maximum absolute atomic E-state index is 13.2. The van der Waals surface area contributed by atoms with Crippen LogP contribution in [-0.2, 0) is 16.0 Å². The highest BCUT2D eigenvalue weighted by Gasteiger charge is 2.14. The second kappa shape index (κ2) is 8.22. The van der Waals surface area contributed by atoms with E-state index < -0.39 is 24.3 Å². The van der Waals surface area contributed by atoms with Gasteiger partial charge in [-0.3, -0.25) is 4.79 Å². The van der Waals surface area contributed by atoms with Gasteiger partial charge < -0.3 is 10.1 Å². The number of carbonyl (C=O) groups is 2. The Morgan fingerprint density at radius 1 is 1.21 bits per heavy atom. The second-order valence-electron chi connectivity index (χ2n) is 4.78. The predicted molar refractivity (Wildman–Crippen MR) is 88.8 cm³/mol.